The molecular weight excluding hydrogens is 430 g/mol. The van der Waals surface area contributed by atoms with E-state index in [-0.39, 0.29) is 18.2 Å². The molecule has 0 saturated carbocycles. The molecule has 0 atom stereocenters. The molecule has 1 aromatic heterocycles. The number of hydrogen-bond acceptors (Lipinski definition) is 6. The second-order valence-electron chi connectivity index (χ2n) is 8.41. The fraction of sp³-hybridized carbons (Fsp3) is 0.308. The number of aromatic hydroxyl groups is 1. The standard InChI is InChI=1S/C26H29N5O3/c1-18-19(2)31(21-6-10-23(34-3)11-7-21)26(24(18)16-27)28-25(33)17-29-12-14-30(15-13-29)20-4-8-22(32)9-5-20/h4-11,32H,12-15,17H2,1-3H3,(H,28,33). The number of rotatable bonds is 6. The number of methoxy groups -OCH3 is 1. The summed E-state index contributed by atoms with van der Waals surface area (Å²) in [5.74, 6) is 1.33. The third-order valence-corrected chi connectivity index (χ3v) is 6.37. The molecule has 0 spiro atoms. The fourth-order valence-corrected chi connectivity index (χ4v) is 4.32. The molecule has 8 nitrogen and oxygen atoms in total. The lowest BCUT2D eigenvalue weighted by Crippen LogP contribution is -2.48. The summed E-state index contributed by atoms with van der Waals surface area (Å²) in [6, 6.07) is 17.0. The Morgan fingerprint density at radius 3 is 2.24 bits per heavy atom. The molecule has 1 aliphatic heterocycles. The number of aromatic nitrogens is 1. The summed E-state index contributed by atoms with van der Waals surface area (Å²) in [6.07, 6.45) is 0. The van der Waals surface area contributed by atoms with Gasteiger partial charge in [0.1, 0.15) is 23.4 Å². The van der Waals surface area contributed by atoms with Gasteiger partial charge in [-0.3, -0.25) is 14.3 Å². The Morgan fingerprint density at radius 2 is 1.65 bits per heavy atom. The van der Waals surface area contributed by atoms with Crippen molar-refractivity contribution in [2.75, 3.05) is 50.1 Å². The normalized spacial score (nSPS) is 14.0. The number of nitrogens with zero attached hydrogens (tertiary/aromatic N) is 4. The minimum absolute atomic E-state index is 0.151. The second-order valence-corrected chi connectivity index (χ2v) is 8.41. The molecule has 8 heteroatoms. The molecule has 34 heavy (non-hydrogen) atoms. The molecule has 0 bridgehead atoms. The van der Waals surface area contributed by atoms with Gasteiger partial charge < -0.3 is 20.1 Å². The maximum Gasteiger partial charge on any atom is 0.239 e. The number of phenols is 1. The van der Waals surface area contributed by atoms with E-state index in [0.717, 1.165) is 54.6 Å². The lowest BCUT2D eigenvalue weighted by Gasteiger charge is -2.35. The van der Waals surface area contributed by atoms with E-state index in [1.807, 2.05) is 54.8 Å². The predicted octanol–water partition coefficient (Wildman–Crippen LogP) is 3.44. The average Bonchev–Trinajstić information content (AvgIpc) is 3.08. The van der Waals surface area contributed by atoms with E-state index in [2.05, 4.69) is 21.2 Å². The van der Waals surface area contributed by atoms with E-state index in [1.165, 1.54) is 0 Å². The molecule has 2 N–H and O–H groups in total. The van der Waals surface area contributed by atoms with Crippen LogP contribution in [0.15, 0.2) is 48.5 Å². The van der Waals surface area contributed by atoms with Crippen LogP contribution in [0.2, 0.25) is 0 Å². The Labute approximate surface area is 199 Å². The van der Waals surface area contributed by atoms with Crippen LogP contribution in [0.3, 0.4) is 0 Å². The summed E-state index contributed by atoms with van der Waals surface area (Å²) in [7, 11) is 1.62. The number of hydrogen-bond donors (Lipinski definition) is 2. The topological polar surface area (TPSA) is 93.8 Å². The van der Waals surface area contributed by atoms with Gasteiger partial charge in [-0.15, -0.1) is 0 Å². The minimum Gasteiger partial charge on any atom is -0.508 e. The zero-order chi connectivity index (χ0) is 24.2. The fourth-order valence-electron chi connectivity index (χ4n) is 4.32. The van der Waals surface area contributed by atoms with Crippen LogP contribution in [0.25, 0.3) is 5.69 Å². The smallest absolute Gasteiger partial charge is 0.239 e. The number of carbonyl (C=O) groups excluding carboxylic acids is 1. The Balaban J connectivity index is 1.46. The van der Waals surface area contributed by atoms with E-state index in [9.17, 15) is 15.2 Å². The van der Waals surface area contributed by atoms with Crippen LogP contribution in [0.1, 0.15) is 16.8 Å². The van der Waals surface area contributed by atoms with Crippen LogP contribution in [-0.4, -0.2) is 60.3 Å². The van der Waals surface area contributed by atoms with Gasteiger partial charge in [-0.25, -0.2) is 0 Å². The molecule has 2 heterocycles. The van der Waals surface area contributed by atoms with Gasteiger partial charge in [-0.1, -0.05) is 0 Å². The lowest BCUT2D eigenvalue weighted by molar-refractivity contribution is -0.117. The van der Waals surface area contributed by atoms with Gasteiger partial charge in [-0.2, -0.15) is 5.26 Å². The highest BCUT2D eigenvalue weighted by Crippen LogP contribution is 2.30. The molecule has 0 unspecified atom stereocenters. The van der Waals surface area contributed by atoms with E-state index < -0.39 is 0 Å². The number of carbonyl (C=O) groups is 1. The van der Waals surface area contributed by atoms with Crippen LogP contribution in [-0.2, 0) is 4.79 Å². The zero-order valence-corrected chi connectivity index (χ0v) is 19.7. The second kappa shape index (κ2) is 9.89. The average molecular weight is 460 g/mol. The first-order valence-electron chi connectivity index (χ1n) is 11.2. The first kappa shape index (κ1) is 23.2. The highest BCUT2D eigenvalue weighted by molar-refractivity contribution is 5.93. The molecule has 1 fully saturated rings. The minimum atomic E-state index is -0.151. The van der Waals surface area contributed by atoms with Gasteiger partial charge in [0.2, 0.25) is 5.91 Å². The Morgan fingerprint density at radius 1 is 1.03 bits per heavy atom. The van der Waals surface area contributed by atoms with E-state index in [4.69, 9.17) is 4.74 Å². The van der Waals surface area contributed by atoms with Crippen molar-refractivity contribution in [3.05, 3.63) is 65.4 Å². The van der Waals surface area contributed by atoms with Gasteiger partial charge in [-0.05, 0) is 67.9 Å². The zero-order valence-electron chi connectivity index (χ0n) is 19.7. The first-order chi connectivity index (χ1) is 16.4. The molecule has 2 aromatic carbocycles. The van der Waals surface area contributed by atoms with E-state index >= 15 is 0 Å². The number of amides is 1. The van der Waals surface area contributed by atoms with Crippen molar-refractivity contribution in [1.29, 1.82) is 5.26 Å². The van der Waals surface area contributed by atoms with Crippen LogP contribution >= 0.6 is 0 Å². The number of benzene rings is 2. The van der Waals surface area contributed by atoms with Gasteiger partial charge in [0.15, 0.2) is 0 Å². The summed E-state index contributed by atoms with van der Waals surface area (Å²) in [4.78, 5) is 17.4. The van der Waals surface area contributed by atoms with Crippen molar-refractivity contribution in [2.45, 2.75) is 13.8 Å². The van der Waals surface area contributed by atoms with Gasteiger partial charge in [0, 0.05) is 43.2 Å². The Hall–Kier alpha value is -3.96. The molecular formula is C26H29N5O3. The first-order valence-corrected chi connectivity index (χ1v) is 11.2. The molecule has 4 rings (SSSR count). The maximum atomic E-state index is 13.0. The number of anilines is 2. The molecule has 0 radical (unpaired) electrons. The van der Waals surface area contributed by atoms with Gasteiger partial charge in [0.25, 0.3) is 0 Å². The summed E-state index contributed by atoms with van der Waals surface area (Å²) in [6.45, 7) is 7.17. The van der Waals surface area contributed by atoms with Crippen molar-refractivity contribution in [3.63, 3.8) is 0 Å². The summed E-state index contributed by atoms with van der Waals surface area (Å²) in [5, 5.41) is 22.3. The van der Waals surface area contributed by atoms with Crippen molar-refractivity contribution < 1.29 is 14.6 Å². The van der Waals surface area contributed by atoms with Gasteiger partial charge >= 0.3 is 0 Å². The molecule has 0 aliphatic carbocycles. The summed E-state index contributed by atoms with van der Waals surface area (Å²) >= 11 is 0. The lowest BCUT2D eigenvalue weighted by atomic mass is 10.2. The number of piperazine rings is 1. The monoisotopic (exact) mass is 459 g/mol. The van der Waals surface area contributed by atoms with Crippen molar-refractivity contribution in [2.24, 2.45) is 0 Å². The number of ether oxygens (including phenoxy) is 1. The highest BCUT2D eigenvalue weighted by atomic mass is 16.5. The summed E-state index contributed by atoms with van der Waals surface area (Å²) in [5.41, 5.74) is 4.12. The number of phenolic OH excluding ortho intramolecular Hbond substituents is 1. The number of nitriles is 1. The van der Waals surface area contributed by atoms with E-state index in [1.54, 1.807) is 19.2 Å². The Bertz CT molecular complexity index is 1200. The molecule has 1 amide bonds. The Kier molecular flexibility index (Phi) is 6.75. The van der Waals surface area contributed by atoms with E-state index in [0.29, 0.717) is 11.4 Å². The predicted molar refractivity (Wildman–Crippen MR) is 132 cm³/mol. The van der Waals surface area contributed by atoms with Crippen molar-refractivity contribution in [3.8, 4) is 23.3 Å². The largest absolute Gasteiger partial charge is 0.508 e. The third-order valence-electron chi connectivity index (χ3n) is 6.37. The third kappa shape index (κ3) is 4.70. The van der Waals surface area contributed by atoms with Crippen molar-refractivity contribution in [1.82, 2.24) is 9.47 Å². The molecule has 3 aromatic rings. The van der Waals surface area contributed by atoms with Crippen LogP contribution in [0.4, 0.5) is 11.5 Å². The van der Waals surface area contributed by atoms with Gasteiger partial charge in [0.05, 0.1) is 19.2 Å². The SMILES string of the molecule is COc1ccc(-n2c(C)c(C)c(C#N)c2NC(=O)CN2CCN(c3ccc(O)cc3)CC2)cc1. The van der Waals surface area contributed by atoms with Crippen LogP contribution < -0.4 is 15.0 Å². The van der Waals surface area contributed by atoms with Crippen LogP contribution in [0, 0.1) is 25.2 Å². The maximum absolute atomic E-state index is 13.0. The molecule has 1 aliphatic rings. The van der Waals surface area contributed by atoms with Crippen molar-refractivity contribution >= 4 is 17.4 Å². The molecule has 176 valence electrons. The quantitative estimate of drug-likeness (QED) is 0.587. The molecule has 1 saturated heterocycles. The number of nitrogens with one attached hydrogen (secondary N) is 1. The highest BCUT2D eigenvalue weighted by Gasteiger charge is 2.23. The summed E-state index contributed by atoms with van der Waals surface area (Å²) < 4.78 is 7.17. The van der Waals surface area contributed by atoms with Crippen LogP contribution in [0.5, 0.6) is 11.5 Å².